The van der Waals surface area contributed by atoms with Gasteiger partial charge in [-0.1, -0.05) is 12.1 Å². The number of aliphatic hydroxyl groups is 1. The van der Waals surface area contributed by atoms with Crippen LogP contribution in [0.25, 0.3) is 0 Å². The fourth-order valence-electron chi connectivity index (χ4n) is 1.78. The highest BCUT2D eigenvalue weighted by atomic mass is 19.1. The molecular formula is C15H13F2NO2. The third-order valence-corrected chi connectivity index (χ3v) is 2.86. The van der Waals surface area contributed by atoms with E-state index in [1.54, 1.807) is 25.1 Å². The van der Waals surface area contributed by atoms with Crippen LogP contribution in [-0.4, -0.2) is 11.0 Å². The van der Waals surface area contributed by atoms with E-state index in [2.05, 4.69) is 5.32 Å². The molecule has 0 aromatic heterocycles. The molecule has 5 heteroatoms. The Labute approximate surface area is 114 Å². The molecule has 3 nitrogen and oxygen atoms in total. The normalized spacial score (nSPS) is 10.4. The lowest BCUT2D eigenvalue weighted by Crippen LogP contribution is -2.13. The van der Waals surface area contributed by atoms with E-state index >= 15 is 0 Å². The van der Waals surface area contributed by atoms with Crippen LogP contribution in [0.1, 0.15) is 21.5 Å². The van der Waals surface area contributed by atoms with E-state index in [0.29, 0.717) is 17.3 Å². The van der Waals surface area contributed by atoms with Crippen molar-refractivity contribution in [3.63, 3.8) is 0 Å². The van der Waals surface area contributed by atoms with Gasteiger partial charge in [0, 0.05) is 17.3 Å². The van der Waals surface area contributed by atoms with Crippen LogP contribution in [-0.2, 0) is 6.61 Å². The van der Waals surface area contributed by atoms with Crippen LogP contribution in [0.15, 0.2) is 36.4 Å². The topological polar surface area (TPSA) is 49.3 Å². The van der Waals surface area contributed by atoms with E-state index in [0.717, 1.165) is 17.7 Å². The summed E-state index contributed by atoms with van der Waals surface area (Å²) < 4.78 is 26.1. The van der Waals surface area contributed by atoms with Crippen molar-refractivity contribution in [3.05, 3.63) is 64.7 Å². The quantitative estimate of drug-likeness (QED) is 0.906. The largest absolute Gasteiger partial charge is 0.392 e. The van der Waals surface area contributed by atoms with Gasteiger partial charge in [-0.15, -0.1) is 0 Å². The number of aliphatic hydroxyl groups excluding tert-OH is 1. The van der Waals surface area contributed by atoms with Crippen LogP contribution in [0.3, 0.4) is 0 Å². The number of rotatable bonds is 3. The molecule has 0 heterocycles. The third-order valence-electron chi connectivity index (χ3n) is 2.86. The Kier molecular flexibility index (Phi) is 4.10. The Morgan fingerprint density at radius 1 is 1.15 bits per heavy atom. The summed E-state index contributed by atoms with van der Waals surface area (Å²) in [5.41, 5.74) is 1.81. The third kappa shape index (κ3) is 3.19. The van der Waals surface area contributed by atoms with Crippen molar-refractivity contribution >= 4 is 11.6 Å². The number of amides is 1. The number of carbonyl (C=O) groups excluding carboxylic acids is 1. The zero-order valence-corrected chi connectivity index (χ0v) is 10.8. The average molecular weight is 277 g/mol. The fraction of sp³-hybridized carbons (Fsp3) is 0.133. The minimum atomic E-state index is -0.809. The van der Waals surface area contributed by atoms with Crippen molar-refractivity contribution < 1.29 is 18.7 Å². The first-order valence-electron chi connectivity index (χ1n) is 5.97. The summed E-state index contributed by atoms with van der Waals surface area (Å²) in [4.78, 5) is 12.0. The van der Waals surface area contributed by atoms with Gasteiger partial charge in [-0.3, -0.25) is 4.79 Å². The minimum absolute atomic E-state index is 0.101. The predicted molar refractivity (Wildman–Crippen MR) is 71.4 cm³/mol. The molecule has 0 saturated carbocycles. The van der Waals surface area contributed by atoms with E-state index in [1.165, 1.54) is 0 Å². The van der Waals surface area contributed by atoms with Crippen LogP contribution < -0.4 is 5.32 Å². The molecule has 104 valence electrons. The molecule has 0 aliphatic carbocycles. The standard InChI is InChI=1S/C15H13F2NO2/c1-9-2-3-10(8-19)4-14(9)18-15(20)11-5-12(16)7-13(17)6-11/h2-7,19H,8H2,1H3,(H,18,20). The Bertz CT molecular complexity index is 636. The number of benzene rings is 2. The molecule has 0 aliphatic heterocycles. The first kappa shape index (κ1) is 14.1. The van der Waals surface area contributed by atoms with Crippen LogP contribution in [0.4, 0.5) is 14.5 Å². The van der Waals surface area contributed by atoms with Crippen molar-refractivity contribution in [3.8, 4) is 0 Å². The van der Waals surface area contributed by atoms with Gasteiger partial charge in [0.25, 0.3) is 5.91 Å². The number of hydrogen-bond donors (Lipinski definition) is 2. The van der Waals surface area contributed by atoms with Gasteiger partial charge in [0.15, 0.2) is 0 Å². The number of nitrogens with one attached hydrogen (secondary N) is 1. The van der Waals surface area contributed by atoms with E-state index in [4.69, 9.17) is 5.11 Å². The second-order valence-electron chi connectivity index (χ2n) is 4.42. The van der Waals surface area contributed by atoms with Crippen molar-refractivity contribution in [2.45, 2.75) is 13.5 Å². The van der Waals surface area contributed by atoms with E-state index < -0.39 is 17.5 Å². The second kappa shape index (κ2) is 5.79. The van der Waals surface area contributed by atoms with Gasteiger partial charge >= 0.3 is 0 Å². The summed E-state index contributed by atoms with van der Waals surface area (Å²) >= 11 is 0. The zero-order chi connectivity index (χ0) is 14.7. The summed E-state index contributed by atoms with van der Waals surface area (Å²) in [5, 5.41) is 11.6. The van der Waals surface area contributed by atoms with Crippen molar-refractivity contribution in [2.75, 3.05) is 5.32 Å². The zero-order valence-electron chi connectivity index (χ0n) is 10.8. The van der Waals surface area contributed by atoms with Crippen LogP contribution in [0.2, 0.25) is 0 Å². The van der Waals surface area contributed by atoms with Crippen molar-refractivity contribution in [1.82, 2.24) is 0 Å². The Morgan fingerprint density at radius 2 is 1.80 bits per heavy atom. The predicted octanol–water partition coefficient (Wildman–Crippen LogP) is 3.02. The number of hydrogen-bond acceptors (Lipinski definition) is 2. The first-order valence-corrected chi connectivity index (χ1v) is 5.97. The molecule has 0 unspecified atom stereocenters. The second-order valence-corrected chi connectivity index (χ2v) is 4.42. The highest BCUT2D eigenvalue weighted by molar-refractivity contribution is 6.04. The molecule has 0 saturated heterocycles. The summed E-state index contributed by atoms with van der Waals surface area (Å²) in [7, 11) is 0. The lowest BCUT2D eigenvalue weighted by molar-refractivity contribution is 0.102. The van der Waals surface area contributed by atoms with E-state index in [-0.39, 0.29) is 12.2 Å². The summed E-state index contributed by atoms with van der Waals surface area (Å²) in [6.45, 7) is 1.63. The number of aryl methyl sites for hydroxylation is 1. The monoisotopic (exact) mass is 277 g/mol. The lowest BCUT2D eigenvalue weighted by Gasteiger charge is -2.10. The Hall–Kier alpha value is -2.27. The van der Waals surface area contributed by atoms with Gasteiger partial charge in [0.1, 0.15) is 11.6 Å². The first-order chi connectivity index (χ1) is 9.49. The van der Waals surface area contributed by atoms with Gasteiger partial charge in [-0.05, 0) is 36.2 Å². The molecule has 0 spiro atoms. The van der Waals surface area contributed by atoms with Crippen LogP contribution >= 0.6 is 0 Å². The maximum absolute atomic E-state index is 13.1. The number of carbonyl (C=O) groups is 1. The van der Waals surface area contributed by atoms with Gasteiger partial charge in [-0.25, -0.2) is 8.78 Å². The number of halogens is 2. The maximum Gasteiger partial charge on any atom is 0.255 e. The number of anilines is 1. The SMILES string of the molecule is Cc1ccc(CO)cc1NC(=O)c1cc(F)cc(F)c1. The molecule has 0 radical (unpaired) electrons. The van der Waals surface area contributed by atoms with Crippen molar-refractivity contribution in [2.24, 2.45) is 0 Å². The van der Waals surface area contributed by atoms with E-state index in [9.17, 15) is 13.6 Å². The molecule has 2 aromatic rings. The highest BCUT2D eigenvalue weighted by Gasteiger charge is 2.11. The molecule has 2 N–H and O–H groups in total. The van der Waals surface area contributed by atoms with Crippen LogP contribution in [0.5, 0.6) is 0 Å². The maximum atomic E-state index is 13.1. The summed E-state index contributed by atoms with van der Waals surface area (Å²) in [5.74, 6) is -2.23. The molecular weight excluding hydrogens is 264 g/mol. The molecule has 0 atom stereocenters. The van der Waals surface area contributed by atoms with Gasteiger partial charge in [0.2, 0.25) is 0 Å². The fourth-order valence-corrected chi connectivity index (χ4v) is 1.78. The molecule has 0 aliphatic rings. The van der Waals surface area contributed by atoms with Gasteiger partial charge in [0.05, 0.1) is 6.61 Å². The average Bonchev–Trinajstić information content (AvgIpc) is 2.40. The molecule has 20 heavy (non-hydrogen) atoms. The van der Waals surface area contributed by atoms with Crippen molar-refractivity contribution in [1.29, 1.82) is 0 Å². The van der Waals surface area contributed by atoms with E-state index in [1.807, 2.05) is 0 Å². The molecule has 2 aromatic carbocycles. The highest BCUT2D eigenvalue weighted by Crippen LogP contribution is 2.18. The van der Waals surface area contributed by atoms with Gasteiger partial charge in [-0.2, -0.15) is 0 Å². The molecule has 2 rings (SSSR count). The lowest BCUT2D eigenvalue weighted by atomic mass is 10.1. The van der Waals surface area contributed by atoms with Gasteiger partial charge < -0.3 is 10.4 Å². The molecule has 0 bridgehead atoms. The summed E-state index contributed by atoms with van der Waals surface area (Å²) in [6.07, 6.45) is 0. The molecule has 1 amide bonds. The molecule has 0 fully saturated rings. The minimum Gasteiger partial charge on any atom is -0.392 e. The Morgan fingerprint density at radius 3 is 2.40 bits per heavy atom. The smallest absolute Gasteiger partial charge is 0.255 e. The summed E-state index contributed by atoms with van der Waals surface area (Å²) in [6, 6.07) is 7.71. The Balaban J connectivity index is 2.27. The van der Waals surface area contributed by atoms with Crippen LogP contribution in [0, 0.1) is 18.6 Å².